The molecule has 3 rings (SSSR count). The molecule has 1 atom stereocenters. The first-order valence-corrected chi connectivity index (χ1v) is 8.34. The largest absolute Gasteiger partial charge is 0.363 e. The fourth-order valence-corrected chi connectivity index (χ4v) is 2.71. The predicted molar refractivity (Wildman–Crippen MR) is 99.2 cm³/mol. The van der Waals surface area contributed by atoms with Crippen LogP contribution in [-0.2, 0) is 16.0 Å². The minimum atomic E-state index is -1.09. The van der Waals surface area contributed by atoms with Crippen LogP contribution in [0.5, 0.6) is 0 Å². The smallest absolute Gasteiger partial charge is 0.287 e. The summed E-state index contributed by atoms with van der Waals surface area (Å²) in [4.78, 5) is 36.3. The monoisotopic (exact) mass is 362 g/mol. The summed E-state index contributed by atoms with van der Waals surface area (Å²) in [7, 11) is 0. The van der Waals surface area contributed by atoms with Crippen LogP contribution in [0.3, 0.4) is 0 Å². The van der Waals surface area contributed by atoms with Crippen LogP contribution >= 0.6 is 0 Å². The molecule has 0 aliphatic heterocycles. The van der Waals surface area contributed by atoms with Gasteiger partial charge < -0.3 is 11.1 Å². The van der Waals surface area contributed by atoms with Gasteiger partial charge in [0, 0.05) is 6.42 Å². The van der Waals surface area contributed by atoms with Gasteiger partial charge >= 0.3 is 0 Å². The first kappa shape index (κ1) is 18.1. The Kier molecular flexibility index (Phi) is 5.41. The van der Waals surface area contributed by atoms with E-state index in [2.05, 4.69) is 10.4 Å². The van der Waals surface area contributed by atoms with E-state index in [1.165, 1.54) is 16.9 Å². The number of amides is 2. The van der Waals surface area contributed by atoms with E-state index >= 15 is 0 Å². The maximum atomic E-state index is 12.8. The quantitative estimate of drug-likeness (QED) is 0.617. The van der Waals surface area contributed by atoms with Crippen molar-refractivity contribution in [3.63, 3.8) is 0 Å². The van der Waals surface area contributed by atoms with Gasteiger partial charge in [-0.1, -0.05) is 48.5 Å². The van der Waals surface area contributed by atoms with E-state index < -0.39 is 23.6 Å². The first-order chi connectivity index (χ1) is 13.1. The number of para-hydroxylation sites is 1. The van der Waals surface area contributed by atoms with Crippen LogP contribution in [-0.4, -0.2) is 33.4 Å². The van der Waals surface area contributed by atoms with Crippen molar-refractivity contribution in [3.05, 3.63) is 84.2 Å². The van der Waals surface area contributed by atoms with Crippen LogP contribution in [0.15, 0.2) is 72.9 Å². The molecule has 2 aromatic carbocycles. The van der Waals surface area contributed by atoms with Crippen LogP contribution in [0.2, 0.25) is 0 Å². The van der Waals surface area contributed by atoms with E-state index in [0.717, 1.165) is 5.56 Å². The summed E-state index contributed by atoms with van der Waals surface area (Å²) < 4.78 is 1.46. The number of ketones is 1. The third-order valence-electron chi connectivity index (χ3n) is 4.02. The fourth-order valence-electron chi connectivity index (χ4n) is 2.71. The van der Waals surface area contributed by atoms with Crippen molar-refractivity contribution in [2.24, 2.45) is 5.73 Å². The number of rotatable bonds is 7. The van der Waals surface area contributed by atoms with Crippen LogP contribution in [0.1, 0.15) is 16.1 Å². The summed E-state index contributed by atoms with van der Waals surface area (Å²) in [5.74, 6) is -2.46. The molecule has 0 aliphatic carbocycles. The molecule has 0 aliphatic rings. The van der Waals surface area contributed by atoms with Gasteiger partial charge in [-0.3, -0.25) is 14.4 Å². The van der Waals surface area contributed by atoms with Gasteiger partial charge in [0.05, 0.1) is 11.9 Å². The average molecular weight is 362 g/mol. The second-order valence-corrected chi connectivity index (χ2v) is 5.91. The van der Waals surface area contributed by atoms with Crippen LogP contribution in [0.4, 0.5) is 0 Å². The number of Topliss-reactive ketones (excluding diaryl/α,β-unsaturated/α-hetero) is 1. The first-order valence-electron chi connectivity index (χ1n) is 8.34. The standard InChI is InChI=1S/C20H18N4O3/c21-19(26)18(25)16(13-14-7-3-1-4-8-14)23-20(27)17-11-12-22-24(17)15-9-5-2-6-10-15/h1-12,16H,13H2,(H2,21,26)(H,23,27). The molecule has 0 fully saturated rings. The molecule has 27 heavy (non-hydrogen) atoms. The normalized spacial score (nSPS) is 11.6. The van der Waals surface area contributed by atoms with Crippen LogP contribution in [0, 0.1) is 0 Å². The van der Waals surface area contributed by atoms with Crippen molar-refractivity contribution in [1.82, 2.24) is 15.1 Å². The summed E-state index contributed by atoms with van der Waals surface area (Å²) in [6.07, 6.45) is 1.65. The van der Waals surface area contributed by atoms with E-state index in [0.29, 0.717) is 5.69 Å². The van der Waals surface area contributed by atoms with Crippen molar-refractivity contribution in [3.8, 4) is 5.69 Å². The van der Waals surface area contributed by atoms with Crippen LogP contribution < -0.4 is 11.1 Å². The molecule has 0 saturated carbocycles. The Morgan fingerprint density at radius 3 is 2.22 bits per heavy atom. The van der Waals surface area contributed by atoms with Gasteiger partial charge in [0.15, 0.2) is 0 Å². The number of nitrogens with two attached hydrogens (primary N) is 1. The molecule has 136 valence electrons. The highest BCUT2D eigenvalue weighted by Crippen LogP contribution is 2.11. The highest BCUT2D eigenvalue weighted by atomic mass is 16.2. The Hall–Kier alpha value is -3.74. The zero-order chi connectivity index (χ0) is 19.2. The molecule has 3 N–H and O–H groups in total. The summed E-state index contributed by atoms with van der Waals surface area (Å²) in [6.45, 7) is 0. The lowest BCUT2D eigenvalue weighted by molar-refractivity contribution is -0.137. The molecule has 0 saturated heterocycles. The Morgan fingerprint density at radius 1 is 0.963 bits per heavy atom. The molecule has 7 heteroatoms. The van der Waals surface area contributed by atoms with E-state index in [-0.39, 0.29) is 12.1 Å². The molecule has 1 unspecified atom stereocenters. The van der Waals surface area contributed by atoms with Crippen molar-refractivity contribution in [2.45, 2.75) is 12.5 Å². The lowest BCUT2D eigenvalue weighted by Gasteiger charge is -2.17. The minimum Gasteiger partial charge on any atom is -0.363 e. The minimum absolute atomic E-state index is 0.161. The number of nitrogens with one attached hydrogen (secondary N) is 1. The maximum absolute atomic E-state index is 12.8. The van der Waals surface area contributed by atoms with Crippen molar-refractivity contribution >= 4 is 17.6 Å². The predicted octanol–water partition coefficient (Wildman–Crippen LogP) is 1.27. The molecular formula is C20H18N4O3. The number of hydrogen-bond donors (Lipinski definition) is 2. The van der Waals surface area contributed by atoms with Gasteiger partial charge in [-0.15, -0.1) is 0 Å². The highest BCUT2D eigenvalue weighted by molar-refractivity contribution is 6.38. The van der Waals surface area contributed by atoms with Gasteiger partial charge in [0.1, 0.15) is 11.7 Å². The number of aromatic nitrogens is 2. The van der Waals surface area contributed by atoms with Gasteiger partial charge in [0.25, 0.3) is 11.8 Å². The maximum Gasteiger partial charge on any atom is 0.287 e. The summed E-state index contributed by atoms with van der Waals surface area (Å²) in [5, 5.41) is 6.77. The van der Waals surface area contributed by atoms with Gasteiger partial charge in [-0.05, 0) is 23.8 Å². The molecular weight excluding hydrogens is 344 g/mol. The number of carbonyl (C=O) groups excluding carboxylic acids is 3. The zero-order valence-corrected chi connectivity index (χ0v) is 14.4. The summed E-state index contributed by atoms with van der Waals surface area (Å²) in [6, 6.07) is 18.7. The molecule has 2 amide bonds. The van der Waals surface area contributed by atoms with Crippen LogP contribution in [0.25, 0.3) is 5.69 Å². The Bertz CT molecular complexity index is 952. The highest BCUT2D eigenvalue weighted by Gasteiger charge is 2.27. The summed E-state index contributed by atoms with van der Waals surface area (Å²) in [5.41, 5.74) is 6.90. The number of hydrogen-bond acceptors (Lipinski definition) is 4. The second-order valence-electron chi connectivity index (χ2n) is 5.91. The number of nitrogens with zero attached hydrogens (tertiary/aromatic N) is 2. The Balaban J connectivity index is 1.84. The third-order valence-corrected chi connectivity index (χ3v) is 4.02. The average Bonchev–Trinajstić information content (AvgIpc) is 3.18. The fraction of sp³-hybridized carbons (Fsp3) is 0.100. The molecule has 0 radical (unpaired) electrons. The van der Waals surface area contributed by atoms with Crippen molar-refractivity contribution in [2.75, 3.05) is 0 Å². The molecule has 1 heterocycles. The molecule has 0 spiro atoms. The summed E-state index contributed by atoms with van der Waals surface area (Å²) >= 11 is 0. The third kappa shape index (κ3) is 4.27. The number of benzene rings is 2. The molecule has 3 aromatic rings. The lowest BCUT2D eigenvalue weighted by Crippen LogP contribution is -2.47. The van der Waals surface area contributed by atoms with Gasteiger partial charge in [-0.25, -0.2) is 4.68 Å². The van der Waals surface area contributed by atoms with E-state index in [1.807, 2.05) is 48.5 Å². The number of primary amides is 1. The Labute approximate surface area is 155 Å². The van der Waals surface area contributed by atoms with Crippen molar-refractivity contribution in [1.29, 1.82) is 0 Å². The molecule has 7 nitrogen and oxygen atoms in total. The van der Waals surface area contributed by atoms with E-state index in [9.17, 15) is 14.4 Å². The SMILES string of the molecule is NC(=O)C(=O)C(Cc1ccccc1)NC(=O)c1ccnn1-c1ccccc1. The van der Waals surface area contributed by atoms with E-state index in [4.69, 9.17) is 5.73 Å². The van der Waals surface area contributed by atoms with Gasteiger partial charge in [-0.2, -0.15) is 5.10 Å². The second kappa shape index (κ2) is 8.09. The van der Waals surface area contributed by atoms with Crippen molar-refractivity contribution < 1.29 is 14.4 Å². The molecule has 0 bridgehead atoms. The topological polar surface area (TPSA) is 107 Å². The Morgan fingerprint density at radius 2 is 1.59 bits per heavy atom. The number of carbonyl (C=O) groups is 3. The molecule has 1 aromatic heterocycles. The van der Waals surface area contributed by atoms with E-state index in [1.54, 1.807) is 12.1 Å². The van der Waals surface area contributed by atoms with Gasteiger partial charge in [0.2, 0.25) is 5.78 Å². The lowest BCUT2D eigenvalue weighted by atomic mass is 10.0. The zero-order valence-electron chi connectivity index (χ0n) is 14.4.